The molecule has 0 spiro atoms. The minimum absolute atomic E-state index is 0.144. The highest BCUT2D eigenvalue weighted by Crippen LogP contribution is 1.98. The lowest BCUT2D eigenvalue weighted by molar-refractivity contribution is 0.513. The number of nitrogens with one attached hydrogen (secondary N) is 1. The summed E-state index contributed by atoms with van der Waals surface area (Å²) in [5.74, 6) is 0. The summed E-state index contributed by atoms with van der Waals surface area (Å²) < 4.78 is 21.1. The van der Waals surface area contributed by atoms with Crippen LogP contribution in [0.3, 0.4) is 0 Å². The van der Waals surface area contributed by atoms with Gasteiger partial charge >= 0.3 is 0 Å². The van der Waals surface area contributed by atoms with Crippen molar-refractivity contribution in [2.45, 2.75) is 39.2 Å². The third-order valence-electron chi connectivity index (χ3n) is 1.29. The Morgan fingerprint density at radius 1 is 1.70 bits per heavy atom. The maximum atomic E-state index is 10.2. The van der Waals surface area contributed by atoms with Gasteiger partial charge in [0.25, 0.3) is 0 Å². The van der Waals surface area contributed by atoms with Crippen molar-refractivity contribution in [1.82, 2.24) is 4.72 Å². The van der Waals surface area contributed by atoms with Gasteiger partial charge in [-0.3, -0.25) is 4.55 Å². The quantitative estimate of drug-likeness (QED) is 0.603. The molecule has 0 rings (SSSR count). The molecule has 10 heavy (non-hydrogen) atoms. The van der Waals surface area contributed by atoms with Crippen LogP contribution in [0, 0.1) is 0 Å². The van der Waals surface area contributed by atoms with Crippen LogP contribution in [0.4, 0.5) is 0 Å². The molecular formula is C6H15NO2S. The molecule has 3 nitrogen and oxygen atoms in total. The normalized spacial score (nSPS) is 16.7. The lowest BCUT2D eigenvalue weighted by atomic mass is 10.2. The third-order valence-corrected chi connectivity index (χ3v) is 1.90. The standard InChI is InChI=1S/C6H15NO2S/c1-3-4-5-6(2)7-10(8)9/h6-7H,3-5H2,1-2H3,(H,8,9). The molecule has 0 radical (unpaired) electrons. The summed E-state index contributed by atoms with van der Waals surface area (Å²) in [4.78, 5) is 0. The van der Waals surface area contributed by atoms with E-state index in [9.17, 15) is 4.21 Å². The monoisotopic (exact) mass is 165 g/mol. The van der Waals surface area contributed by atoms with Crippen molar-refractivity contribution in [1.29, 1.82) is 0 Å². The number of rotatable bonds is 5. The van der Waals surface area contributed by atoms with E-state index in [1.165, 1.54) is 0 Å². The van der Waals surface area contributed by atoms with Gasteiger partial charge in [0.1, 0.15) is 0 Å². The van der Waals surface area contributed by atoms with Gasteiger partial charge in [-0.05, 0) is 13.3 Å². The first-order valence-corrected chi connectivity index (χ1v) is 4.64. The molecule has 0 bridgehead atoms. The van der Waals surface area contributed by atoms with E-state index < -0.39 is 11.3 Å². The van der Waals surface area contributed by atoms with E-state index >= 15 is 0 Å². The highest BCUT2D eigenvalue weighted by molar-refractivity contribution is 7.77. The summed E-state index contributed by atoms with van der Waals surface area (Å²) in [7, 11) is 0. The van der Waals surface area contributed by atoms with Crippen molar-refractivity contribution in [3.8, 4) is 0 Å². The van der Waals surface area contributed by atoms with Crippen molar-refractivity contribution >= 4 is 11.3 Å². The van der Waals surface area contributed by atoms with Crippen molar-refractivity contribution in [3.05, 3.63) is 0 Å². The Balaban J connectivity index is 3.25. The molecule has 0 aromatic rings. The lowest BCUT2D eigenvalue weighted by Crippen LogP contribution is -2.27. The second-order valence-electron chi connectivity index (χ2n) is 2.41. The van der Waals surface area contributed by atoms with E-state index in [0.717, 1.165) is 19.3 Å². The Labute approximate surface area is 64.6 Å². The maximum Gasteiger partial charge on any atom is 0.231 e. The summed E-state index contributed by atoms with van der Waals surface area (Å²) in [5.41, 5.74) is 0. The predicted octanol–water partition coefficient (Wildman–Crippen LogP) is 1.29. The SMILES string of the molecule is CCCCC(C)NS(=O)O. The fourth-order valence-electron chi connectivity index (χ4n) is 0.741. The molecule has 0 fully saturated rings. The minimum atomic E-state index is -1.85. The first-order chi connectivity index (χ1) is 4.66. The smallest absolute Gasteiger partial charge is 0.231 e. The lowest BCUT2D eigenvalue weighted by Gasteiger charge is -2.08. The van der Waals surface area contributed by atoms with Crippen molar-refractivity contribution in [2.24, 2.45) is 0 Å². The van der Waals surface area contributed by atoms with Crippen molar-refractivity contribution < 1.29 is 8.76 Å². The Bertz CT molecular complexity index is 108. The first-order valence-electron chi connectivity index (χ1n) is 3.53. The average Bonchev–Trinajstić information content (AvgIpc) is 1.82. The van der Waals surface area contributed by atoms with E-state index in [4.69, 9.17) is 4.55 Å². The van der Waals surface area contributed by atoms with Gasteiger partial charge in [-0.2, -0.15) is 0 Å². The number of unbranched alkanes of at least 4 members (excludes halogenated alkanes) is 1. The summed E-state index contributed by atoms with van der Waals surface area (Å²) >= 11 is -1.85. The molecule has 4 heteroatoms. The van der Waals surface area contributed by atoms with E-state index in [-0.39, 0.29) is 6.04 Å². The van der Waals surface area contributed by atoms with Gasteiger partial charge in [-0.25, -0.2) is 8.93 Å². The second-order valence-corrected chi connectivity index (χ2v) is 3.14. The Hall–Kier alpha value is 0.0700. The van der Waals surface area contributed by atoms with Crippen LogP contribution in [-0.4, -0.2) is 14.8 Å². The molecule has 0 heterocycles. The molecule has 0 aromatic carbocycles. The van der Waals surface area contributed by atoms with Gasteiger partial charge in [0.05, 0.1) is 0 Å². The molecule has 0 aliphatic heterocycles. The van der Waals surface area contributed by atoms with E-state index in [2.05, 4.69) is 11.6 Å². The fraction of sp³-hybridized carbons (Fsp3) is 1.00. The topological polar surface area (TPSA) is 49.3 Å². The average molecular weight is 165 g/mol. The van der Waals surface area contributed by atoms with Gasteiger partial charge < -0.3 is 0 Å². The van der Waals surface area contributed by atoms with E-state index in [0.29, 0.717) is 0 Å². The highest BCUT2D eigenvalue weighted by Gasteiger charge is 2.01. The first kappa shape index (κ1) is 10.1. The Morgan fingerprint density at radius 2 is 2.30 bits per heavy atom. The molecule has 0 amide bonds. The predicted molar refractivity (Wildman–Crippen MR) is 42.9 cm³/mol. The van der Waals surface area contributed by atoms with Crippen molar-refractivity contribution in [2.75, 3.05) is 0 Å². The van der Waals surface area contributed by atoms with Crippen LogP contribution in [0.5, 0.6) is 0 Å². The summed E-state index contributed by atoms with van der Waals surface area (Å²) in [5, 5.41) is 0. The van der Waals surface area contributed by atoms with Crippen LogP contribution in [-0.2, 0) is 11.3 Å². The Kier molecular flexibility index (Phi) is 5.87. The van der Waals surface area contributed by atoms with Gasteiger partial charge in [-0.15, -0.1) is 0 Å². The van der Waals surface area contributed by atoms with Crippen LogP contribution in [0.1, 0.15) is 33.1 Å². The van der Waals surface area contributed by atoms with Crippen LogP contribution in [0.25, 0.3) is 0 Å². The summed E-state index contributed by atoms with van der Waals surface area (Å²) in [6.07, 6.45) is 3.19. The molecule has 0 aliphatic rings. The molecule has 62 valence electrons. The van der Waals surface area contributed by atoms with Crippen LogP contribution in [0.2, 0.25) is 0 Å². The van der Waals surface area contributed by atoms with Crippen LogP contribution in [0.15, 0.2) is 0 Å². The molecule has 2 N–H and O–H groups in total. The van der Waals surface area contributed by atoms with Gasteiger partial charge in [-0.1, -0.05) is 19.8 Å². The molecule has 2 unspecified atom stereocenters. The van der Waals surface area contributed by atoms with E-state index in [1.54, 1.807) is 0 Å². The number of hydrogen-bond donors (Lipinski definition) is 2. The fourth-order valence-corrected chi connectivity index (χ4v) is 1.20. The molecule has 0 aromatic heterocycles. The molecule has 2 atom stereocenters. The molecular weight excluding hydrogens is 150 g/mol. The Morgan fingerprint density at radius 3 is 2.70 bits per heavy atom. The minimum Gasteiger partial charge on any atom is -0.294 e. The number of hydrogen-bond acceptors (Lipinski definition) is 1. The zero-order valence-electron chi connectivity index (χ0n) is 6.46. The zero-order valence-corrected chi connectivity index (χ0v) is 7.28. The van der Waals surface area contributed by atoms with Crippen LogP contribution < -0.4 is 4.72 Å². The summed E-state index contributed by atoms with van der Waals surface area (Å²) in [6.45, 7) is 4.01. The van der Waals surface area contributed by atoms with Gasteiger partial charge in [0, 0.05) is 6.04 Å². The molecule has 0 saturated heterocycles. The maximum absolute atomic E-state index is 10.2. The largest absolute Gasteiger partial charge is 0.294 e. The zero-order chi connectivity index (χ0) is 7.98. The molecule has 0 aliphatic carbocycles. The third kappa shape index (κ3) is 6.19. The van der Waals surface area contributed by atoms with Gasteiger partial charge in [0.2, 0.25) is 11.3 Å². The van der Waals surface area contributed by atoms with E-state index in [1.807, 2.05) is 6.92 Å². The summed E-state index contributed by atoms with van der Waals surface area (Å²) in [6, 6.07) is 0.144. The van der Waals surface area contributed by atoms with Crippen molar-refractivity contribution in [3.63, 3.8) is 0 Å². The highest BCUT2D eigenvalue weighted by atomic mass is 32.2. The van der Waals surface area contributed by atoms with Gasteiger partial charge in [0.15, 0.2) is 0 Å². The van der Waals surface area contributed by atoms with Crippen LogP contribution >= 0.6 is 0 Å². The molecule has 0 saturated carbocycles. The second kappa shape index (κ2) is 5.82.